The first kappa shape index (κ1) is 17.8. The van der Waals surface area contributed by atoms with E-state index in [4.69, 9.17) is 15.3 Å². The SMILES string of the molecule is CC(C)(C)OC(=O)NCCOc1ccccc1CC(=O)NN. The van der Waals surface area contributed by atoms with Gasteiger partial charge >= 0.3 is 6.09 Å². The van der Waals surface area contributed by atoms with E-state index < -0.39 is 11.7 Å². The van der Waals surface area contributed by atoms with Crippen molar-refractivity contribution in [3.05, 3.63) is 29.8 Å². The van der Waals surface area contributed by atoms with Gasteiger partial charge in [0.15, 0.2) is 0 Å². The molecule has 1 aromatic rings. The summed E-state index contributed by atoms with van der Waals surface area (Å²) in [5, 5.41) is 2.60. The number of ether oxygens (including phenoxy) is 2. The first-order valence-corrected chi connectivity index (χ1v) is 6.99. The third-order valence-electron chi connectivity index (χ3n) is 2.51. The highest BCUT2D eigenvalue weighted by molar-refractivity contribution is 5.78. The molecule has 0 bridgehead atoms. The highest BCUT2D eigenvalue weighted by atomic mass is 16.6. The molecule has 22 heavy (non-hydrogen) atoms. The van der Waals surface area contributed by atoms with E-state index >= 15 is 0 Å². The number of para-hydroxylation sites is 1. The Bertz CT molecular complexity index is 512. The summed E-state index contributed by atoms with van der Waals surface area (Å²) in [5.41, 5.74) is 2.27. The van der Waals surface area contributed by atoms with Crippen molar-refractivity contribution in [3.63, 3.8) is 0 Å². The largest absolute Gasteiger partial charge is 0.491 e. The van der Waals surface area contributed by atoms with Crippen molar-refractivity contribution in [2.24, 2.45) is 5.84 Å². The molecule has 0 aliphatic heterocycles. The van der Waals surface area contributed by atoms with E-state index in [0.717, 1.165) is 5.56 Å². The molecule has 0 radical (unpaired) electrons. The normalized spacial score (nSPS) is 10.7. The zero-order valence-corrected chi connectivity index (χ0v) is 13.1. The van der Waals surface area contributed by atoms with Gasteiger partial charge in [-0.3, -0.25) is 10.2 Å². The summed E-state index contributed by atoms with van der Waals surface area (Å²) in [6.07, 6.45) is -0.362. The van der Waals surface area contributed by atoms with Gasteiger partial charge in [-0.05, 0) is 26.8 Å². The molecule has 1 aromatic carbocycles. The first-order chi connectivity index (χ1) is 10.3. The molecule has 0 unspecified atom stereocenters. The van der Waals surface area contributed by atoms with Crippen LogP contribution in [0.5, 0.6) is 5.75 Å². The Labute approximate surface area is 130 Å². The van der Waals surface area contributed by atoms with Crippen LogP contribution in [0.4, 0.5) is 4.79 Å². The van der Waals surface area contributed by atoms with Crippen molar-refractivity contribution < 1.29 is 19.1 Å². The molecule has 0 heterocycles. The predicted octanol–water partition coefficient (Wildman–Crippen LogP) is 1.12. The summed E-state index contributed by atoms with van der Waals surface area (Å²) in [7, 11) is 0. The zero-order valence-electron chi connectivity index (χ0n) is 13.1. The summed E-state index contributed by atoms with van der Waals surface area (Å²) in [6, 6.07) is 7.16. The molecule has 0 aliphatic carbocycles. The van der Waals surface area contributed by atoms with Gasteiger partial charge in [0, 0.05) is 5.56 Å². The third-order valence-corrected chi connectivity index (χ3v) is 2.51. The van der Waals surface area contributed by atoms with Gasteiger partial charge in [0.2, 0.25) is 5.91 Å². The lowest BCUT2D eigenvalue weighted by molar-refractivity contribution is -0.120. The van der Waals surface area contributed by atoms with Crippen molar-refractivity contribution in [2.45, 2.75) is 32.8 Å². The maximum Gasteiger partial charge on any atom is 0.407 e. The Morgan fingerprint density at radius 3 is 2.55 bits per heavy atom. The summed E-state index contributed by atoms with van der Waals surface area (Å²) in [5.74, 6) is 5.35. The highest BCUT2D eigenvalue weighted by Crippen LogP contribution is 2.18. The monoisotopic (exact) mass is 309 g/mol. The van der Waals surface area contributed by atoms with Crippen molar-refractivity contribution in [2.75, 3.05) is 13.2 Å². The number of nitrogens with one attached hydrogen (secondary N) is 2. The fourth-order valence-corrected chi connectivity index (χ4v) is 1.64. The Kier molecular flexibility index (Phi) is 6.65. The minimum Gasteiger partial charge on any atom is -0.491 e. The van der Waals surface area contributed by atoms with E-state index in [1.807, 2.05) is 6.07 Å². The van der Waals surface area contributed by atoms with Crippen LogP contribution >= 0.6 is 0 Å². The van der Waals surface area contributed by atoms with Gasteiger partial charge in [-0.25, -0.2) is 10.6 Å². The number of hydrogen-bond acceptors (Lipinski definition) is 5. The Morgan fingerprint density at radius 1 is 1.23 bits per heavy atom. The molecule has 1 rings (SSSR count). The second kappa shape index (κ2) is 8.23. The van der Waals surface area contributed by atoms with E-state index in [1.165, 1.54) is 0 Å². The van der Waals surface area contributed by atoms with Gasteiger partial charge < -0.3 is 14.8 Å². The molecular formula is C15H23N3O4. The van der Waals surface area contributed by atoms with Crippen LogP contribution < -0.4 is 21.3 Å². The highest BCUT2D eigenvalue weighted by Gasteiger charge is 2.15. The molecule has 0 spiro atoms. The zero-order chi connectivity index (χ0) is 16.6. The van der Waals surface area contributed by atoms with Crippen LogP contribution in [0.25, 0.3) is 0 Å². The predicted molar refractivity (Wildman–Crippen MR) is 82.2 cm³/mol. The number of hydrogen-bond donors (Lipinski definition) is 3. The number of nitrogens with two attached hydrogens (primary N) is 1. The lowest BCUT2D eigenvalue weighted by Gasteiger charge is -2.19. The average molecular weight is 309 g/mol. The van der Waals surface area contributed by atoms with Crippen LogP contribution in [0, 0.1) is 0 Å². The maximum atomic E-state index is 11.5. The molecule has 0 atom stereocenters. The Hall–Kier alpha value is -2.28. The number of carbonyl (C=O) groups excluding carboxylic acids is 2. The summed E-state index contributed by atoms with van der Waals surface area (Å²) in [6.45, 7) is 5.94. The van der Waals surface area contributed by atoms with Crippen LogP contribution in [0.15, 0.2) is 24.3 Å². The molecular weight excluding hydrogens is 286 g/mol. The van der Waals surface area contributed by atoms with E-state index in [0.29, 0.717) is 12.3 Å². The van der Waals surface area contributed by atoms with E-state index in [9.17, 15) is 9.59 Å². The van der Waals surface area contributed by atoms with Crippen LogP contribution in [0.3, 0.4) is 0 Å². The first-order valence-electron chi connectivity index (χ1n) is 6.99. The second-order valence-electron chi connectivity index (χ2n) is 5.63. The van der Waals surface area contributed by atoms with Crippen molar-refractivity contribution in [1.29, 1.82) is 0 Å². The van der Waals surface area contributed by atoms with Gasteiger partial charge in [-0.2, -0.15) is 0 Å². The molecule has 0 fully saturated rings. The maximum absolute atomic E-state index is 11.5. The quantitative estimate of drug-likeness (QED) is 0.316. The molecule has 7 nitrogen and oxygen atoms in total. The Balaban J connectivity index is 2.42. The minimum atomic E-state index is -0.535. The summed E-state index contributed by atoms with van der Waals surface area (Å²) in [4.78, 5) is 22.8. The van der Waals surface area contributed by atoms with Gasteiger partial charge in [-0.15, -0.1) is 0 Å². The third kappa shape index (κ3) is 6.94. The second-order valence-corrected chi connectivity index (χ2v) is 5.63. The van der Waals surface area contributed by atoms with E-state index in [1.54, 1.807) is 39.0 Å². The minimum absolute atomic E-state index is 0.131. The fourth-order valence-electron chi connectivity index (χ4n) is 1.64. The molecule has 122 valence electrons. The van der Waals surface area contributed by atoms with Crippen LogP contribution in [0.1, 0.15) is 26.3 Å². The number of alkyl carbamates (subject to hydrolysis) is 1. The lowest BCUT2D eigenvalue weighted by atomic mass is 10.1. The smallest absolute Gasteiger partial charge is 0.407 e. The topological polar surface area (TPSA) is 103 Å². The number of carbonyl (C=O) groups is 2. The average Bonchev–Trinajstić information content (AvgIpc) is 2.43. The van der Waals surface area contributed by atoms with Crippen molar-refractivity contribution in [3.8, 4) is 5.75 Å². The van der Waals surface area contributed by atoms with Gasteiger partial charge in [0.1, 0.15) is 18.0 Å². The van der Waals surface area contributed by atoms with Crippen LogP contribution in [-0.4, -0.2) is 30.8 Å². The van der Waals surface area contributed by atoms with Crippen LogP contribution in [-0.2, 0) is 16.0 Å². The Morgan fingerprint density at radius 2 is 1.91 bits per heavy atom. The number of benzene rings is 1. The van der Waals surface area contributed by atoms with Crippen molar-refractivity contribution in [1.82, 2.24) is 10.7 Å². The van der Waals surface area contributed by atoms with Crippen LogP contribution in [0.2, 0.25) is 0 Å². The molecule has 0 saturated heterocycles. The number of hydrazine groups is 1. The standard InChI is InChI=1S/C15H23N3O4/c1-15(2,3)22-14(20)17-8-9-21-12-7-5-4-6-11(12)10-13(19)18-16/h4-7H,8-10,16H2,1-3H3,(H,17,20)(H,18,19). The summed E-state index contributed by atoms with van der Waals surface area (Å²) >= 11 is 0. The molecule has 2 amide bonds. The van der Waals surface area contributed by atoms with Gasteiger partial charge in [0.25, 0.3) is 0 Å². The molecule has 7 heteroatoms. The molecule has 0 saturated carbocycles. The van der Waals surface area contributed by atoms with Gasteiger partial charge in [-0.1, -0.05) is 18.2 Å². The number of amides is 2. The molecule has 4 N–H and O–H groups in total. The van der Waals surface area contributed by atoms with E-state index in [-0.39, 0.29) is 18.9 Å². The molecule has 0 aromatic heterocycles. The van der Waals surface area contributed by atoms with Crippen molar-refractivity contribution >= 4 is 12.0 Å². The lowest BCUT2D eigenvalue weighted by Crippen LogP contribution is -2.34. The number of rotatable bonds is 6. The summed E-state index contributed by atoms with van der Waals surface area (Å²) < 4.78 is 10.7. The molecule has 0 aliphatic rings. The fraction of sp³-hybridized carbons (Fsp3) is 0.467. The van der Waals surface area contributed by atoms with Gasteiger partial charge in [0.05, 0.1) is 13.0 Å². The van der Waals surface area contributed by atoms with E-state index in [2.05, 4.69) is 10.7 Å².